The van der Waals surface area contributed by atoms with E-state index in [1.165, 1.54) is 0 Å². The Labute approximate surface area is 164 Å². The lowest BCUT2D eigenvalue weighted by atomic mass is 10.1. The largest absolute Gasteiger partial charge is 0.480 e. The minimum atomic E-state index is -1.30. The summed E-state index contributed by atoms with van der Waals surface area (Å²) in [5.74, 6) is -2.67. The predicted molar refractivity (Wildman–Crippen MR) is 100 cm³/mol. The van der Waals surface area contributed by atoms with Crippen LogP contribution in [0, 0.1) is 0 Å². The van der Waals surface area contributed by atoms with Gasteiger partial charge in [-0.25, -0.2) is 4.79 Å². The van der Waals surface area contributed by atoms with E-state index >= 15 is 0 Å². The van der Waals surface area contributed by atoms with Crippen molar-refractivity contribution in [1.82, 2.24) is 15.4 Å². The highest BCUT2D eigenvalue weighted by Gasteiger charge is 2.29. The molecule has 0 aromatic heterocycles. The second-order valence-corrected chi connectivity index (χ2v) is 6.46. The zero-order chi connectivity index (χ0) is 21.5. The molecule has 10 N–H and O–H groups in total. The van der Waals surface area contributed by atoms with Crippen LogP contribution in [0.1, 0.15) is 38.5 Å². The molecule has 0 bridgehead atoms. The number of aliphatic carboxylic acids is 1. The third-order valence-corrected chi connectivity index (χ3v) is 4.06. The van der Waals surface area contributed by atoms with E-state index < -0.39 is 29.9 Å². The van der Waals surface area contributed by atoms with E-state index in [1.54, 1.807) is 0 Å². The zero-order valence-corrected chi connectivity index (χ0v) is 16.1. The summed E-state index contributed by atoms with van der Waals surface area (Å²) in [4.78, 5) is 34.7. The van der Waals surface area contributed by atoms with E-state index in [1.807, 2.05) is 0 Å². The van der Waals surface area contributed by atoms with E-state index in [0.29, 0.717) is 38.9 Å². The molecule has 0 rings (SSSR count). The van der Waals surface area contributed by atoms with Crippen LogP contribution in [0.5, 0.6) is 0 Å². The van der Waals surface area contributed by atoms with Gasteiger partial charge in [-0.15, -0.1) is 0 Å². The number of nitrogens with one attached hydrogen (secondary N) is 1. The van der Waals surface area contributed by atoms with Gasteiger partial charge in [-0.2, -0.15) is 10.1 Å². The maximum Gasteiger partial charge on any atom is 0.326 e. The first kappa shape index (κ1) is 26.2. The summed E-state index contributed by atoms with van der Waals surface area (Å²) in [6.07, 6.45) is 1.25. The van der Waals surface area contributed by atoms with Crippen LogP contribution in [0.25, 0.3) is 0 Å². The van der Waals surface area contributed by atoms with Crippen molar-refractivity contribution in [2.24, 2.45) is 17.2 Å². The van der Waals surface area contributed by atoms with Crippen molar-refractivity contribution in [3.63, 3.8) is 0 Å². The molecule has 0 spiro atoms. The van der Waals surface area contributed by atoms with Gasteiger partial charge in [-0.3, -0.25) is 9.59 Å². The number of primary amides is 1. The monoisotopic (exact) mass is 406 g/mol. The van der Waals surface area contributed by atoms with Crippen molar-refractivity contribution in [1.29, 1.82) is 0 Å². The second-order valence-electron chi connectivity index (χ2n) is 6.46. The van der Waals surface area contributed by atoms with Gasteiger partial charge >= 0.3 is 5.97 Å². The van der Waals surface area contributed by atoms with E-state index in [9.17, 15) is 29.9 Å². The normalized spacial score (nSPS) is 13.5. The molecule has 0 heterocycles. The van der Waals surface area contributed by atoms with Gasteiger partial charge in [0.2, 0.25) is 11.8 Å². The lowest BCUT2D eigenvalue weighted by Gasteiger charge is -2.27. The zero-order valence-electron chi connectivity index (χ0n) is 16.1. The number of carbonyl (C=O) groups is 3. The first-order chi connectivity index (χ1) is 13.2. The van der Waals surface area contributed by atoms with Crippen molar-refractivity contribution in [3.8, 4) is 0 Å². The fourth-order valence-corrected chi connectivity index (χ4v) is 2.49. The molecular formula is C16H34N6O6. The van der Waals surface area contributed by atoms with Crippen molar-refractivity contribution in [2.75, 3.05) is 32.7 Å². The maximum absolute atomic E-state index is 12.5. The van der Waals surface area contributed by atoms with Crippen LogP contribution in [-0.2, 0) is 14.4 Å². The van der Waals surface area contributed by atoms with Gasteiger partial charge in [0.15, 0.2) is 0 Å². The van der Waals surface area contributed by atoms with Gasteiger partial charge in [0.1, 0.15) is 12.1 Å². The summed E-state index contributed by atoms with van der Waals surface area (Å²) in [7, 11) is 0. The summed E-state index contributed by atoms with van der Waals surface area (Å²) < 4.78 is 0. The Bertz CT molecular complexity index is 481. The quantitative estimate of drug-likeness (QED) is 0.133. The fraction of sp³-hybridized carbons (Fsp3) is 0.812. The molecule has 12 heteroatoms. The first-order valence-corrected chi connectivity index (χ1v) is 9.33. The number of carboxylic acid groups (broad SMARTS) is 1. The fourth-order valence-electron chi connectivity index (χ4n) is 2.49. The Morgan fingerprint density at radius 1 is 0.929 bits per heavy atom. The second kappa shape index (κ2) is 15.1. The van der Waals surface area contributed by atoms with Gasteiger partial charge in [0.05, 0.1) is 0 Å². The Morgan fingerprint density at radius 3 is 2.04 bits per heavy atom. The van der Waals surface area contributed by atoms with E-state index in [0.717, 1.165) is 10.1 Å². The summed E-state index contributed by atoms with van der Waals surface area (Å²) in [5.41, 5.74) is 15.8. The molecule has 0 aromatic carbocycles. The Kier molecular flexibility index (Phi) is 14.1. The molecule has 0 saturated heterocycles. The average Bonchev–Trinajstić information content (AvgIpc) is 2.64. The van der Waals surface area contributed by atoms with E-state index in [-0.39, 0.29) is 32.4 Å². The molecule has 0 fully saturated rings. The number of hydrogen-bond acceptors (Lipinski definition) is 9. The molecule has 28 heavy (non-hydrogen) atoms. The van der Waals surface area contributed by atoms with Crippen LogP contribution in [0.15, 0.2) is 0 Å². The molecule has 0 aliphatic carbocycles. The smallest absolute Gasteiger partial charge is 0.326 e. The molecule has 1 unspecified atom stereocenters. The van der Waals surface area contributed by atoms with E-state index in [4.69, 9.17) is 17.2 Å². The lowest BCUT2D eigenvalue weighted by molar-refractivity contribution is -0.160. The van der Waals surface area contributed by atoms with Crippen LogP contribution in [0.4, 0.5) is 0 Å². The number of carbonyl (C=O) groups excluding carboxylic acids is 2. The Morgan fingerprint density at radius 2 is 1.50 bits per heavy atom. The molecule has 2 amide bonds. The molecule has 0 aromatic rings. The number of amides is 2. The molecular weight excluding hydrogens is 372 g/mol. The molecule has 12 nitrogen and oxygen atoms in total. The average molecular weight is 406 g/mol. The third-order valence-electron chi connectivity index (χ3n) is 4.06. The Hall–Kier alpha value is -1.83. The highest BCUT2D eigenvalue weighted by Crippen LogP contribution is 2.09. The van der Waals surface area contributed by atoms with Crippen LogP contribution in [0.2, 0.25) is 0 Å². The standard InChI is InChI=1S/C16H34N6O6/c17-7-2-10-21(27)9-1-4-13(22(28)11-3-8-18)15(24)20-12(16(25)26)5-6-14(19)23/h12-13,27-28H,1-11,17-18H2,(H2,19,23)(H,20,24)(H,25,26)/t12-,13?/m0/s1. The number of carboxylic acids is 1. The van der Waals surface area contributed by atoms with Crippen molar-refractivity contribution < 1.29 is 29.9 Å². The molecule has 0 saturated carbocycles. The Balaban J connectivity index is 4.88. The number of rotatable bonds is 17. The number of nitrogens with zero attached hydrogens (tertiary/aromatic N) is 2. The minimum Gasteiger partial charge on any atom is -0.480 e. The third kappa shape index (κ3) is 11.8. The van der Waals surface area contributed by atoms with Gasteiger partial charge in [-0.05, 0) is 45.2 Å². The number of hydroxylamine groups is 4. The van der Waals surface area contributed by atoms with Crippen molar-refractivity contribution in [2.45, 2.75) is 50.6 Å². The molecule has 2 atom stereocenters. The van der Waals surface area contributed by atoms with Crippen LogP contribution < -0.4 is 22.5 Å². The van der Waals surface area contributed by atoms with Gasteiger partial charge in [0, 0.05) is 26.1 Å². The van der Waals surface area contributed by atoms with Gasteiger partial charge < -0.3 is 38.0 Å². The molecule has 0 radical (unpaired) electrons. The SMILES string of the molecule is NCCCN(O)CCCC(C(=O)N[C@@H](CCC(N)=O)C(=O)O)N(O)CCCN. The first-order valence-electron chi connectivity index (χ1n) is 9.33. The van der Waals surface area contributed by atoms with Gasteiger partial charge in [-0.1, -0.05) is 0 Å². The topological polar surface area (TPSA) is 208 Å². The van der Waals surface area contributed by atoms with Gasteiger partial charge in [0.25, 0.3) is 0 Å². The van der Waals surface area contributed by atoms with Crippen molar-refractivity contribution in [3.05, 3.63) is 0 Å². The summed E-state index contributed by atoms with van der Waals surface area (Å²) in [6, 6.07) is -2.32. The van der Waals surface area contributed by atoms with E-state index in [2.05, 4.69) is 5.32 Å². The lowest BCUT2D eigenvalue weighted by Crippen LogP contribution is -2.51. The summed E-state index contributed by atoms with van der Waals surface area (Å²) in [5, 5.41) is 33.3. The van der Waals surface area contributed by atoms with Crippen molar-refractivity contribution >= 4 is 17.8 Å². The minimum absolute atomic E-state index is 0.129. The number of nitrogens with two attached hydrogens (primary N) is 3. The number of hydrogen-bond donors (Lipinski definition) is 7. The van der Waals surface area contributed by atoms with Crippen LogP contribution in [0.3, 0.4) is 0 Å². The highest BCUT2D eigenvalue weighted by atomic mass is 16.5. The summed E-state index contributed by atoms with van der Waals surface area (Å²) >= 11 is 0. The summed E-state index contributed by atoms with van der Waals surface area (Å²) in [6.45, 7) is 1.53. The van der Waals surface area contributed by atoms with Crippen LogP contribution in [-0.4, -0.2) is 88.2 Å². The highest BCUT2D eigenvalue weighted by molar-refractivity contribution is 5.87. The maximum atomic E-state index is 12.5. The molecule has 0 aliphatic heterocycles. The predicted octanol–water partition coefficient (Wildman–Crippen LogP) is -1.95. The molecule has 164 valence electrons. The van der Waals surface area contributed by atoms with Crippen LogP contribution >= 0.6 is 0 Å². The molecule has 0 aliphatic rings.